The largest absolute Gasteiger partial charge is 0.464 e. The highest BCUT2D eigenvalue weighted by Crippen LogP contribution is 2.47. The number of nitrogens with zero attached hydrogens (tertiary/aromatic N) is 3. The summed E-state index contributed by atoms with van der Waals surface area (Å²) in [5, 5.41) is 3.01. The van der Waals surface area contributed by atoms with E-state index in [1.165, 1.54) is 4.90 Å². The minimum atomic E-state index is -0.840. The Morgan fingerprint density at radius 1 is 1.19 bits per heavy atom. The molecule has 4 heterocycles. The van der Waals surface area contributed by atoms with E-state index >= 15 is 0 Å². The number of halogens is 1. The number of carbonyl (C=O) groups is 1. The van der Waals surface area contributed by atoms with Crippen molar-refractivity contribution in [3.63, 3.8) is 0 Å². The average molecular weight is 495 g/mol. The van der Waals surface area contributed by atoms with Gasteiger partial charge in [0.2, 0.25) is 5.91 Å². The Morgan fingerprint density at radius 3 is 2.84 bits per heavy atom. The van der Waals surface area contributed by atoms with Crippen LogP contribution in [0.4, 0.5) is 0 Å². The Bertz CT molecular complexity index is 1340. The maximum Gasteiger partial charge on any atom is 0.239 e. The van der Waals surface area contributed by atoms with Gasteiger partial charge in [0.05, 0.1) is 12.2 Å². The fraction of sp³-hybridized carbons (Fsp3) is 0.174. The van der Waals surface area contributed by atoms with Crippen LogP contribution in [0.5, 0.6) is 0 Å². The SMILES string of the molecule is CN1C(=O)[C@H](c2ccc3occc3c2)[C@@](C)(c2cc(-c3cncc(Br)c3)cs2)N=C1N. The molecule has 0 saturated heterocycles. The minimum Gasteiger partial charge on any atom is -0.464 e. The maximum absolute atomic E-state index is 13.5. The highest BCUT2D eigenvalue weighted by atomic mass is 79.9. The van der Waals surface area contributed by atoms with Gasteiger partial charge in [-0.1, -0.05) is 6.07 Å². The molecule has 3 aromatic heterocycles. The molecule has 1 aliphatic heterocycles. The fourth-order valence-corrected chi connectivity index (χ4v) is 5.50. The van der Waals surface area contributed by atoms with Crippen molar-refractivity contribution in [2.24, 2.45) is 10.7 Å². The Kier molecular flexibility index (Phi) is 4.71. The Labute approximate surface area is 191 Å². The Morgan fingerprint density at radius 2 is 2.03 bits per heavy atom. The van der Waals surface area contributed by atoms with Gasteiger partial charge in [-0.15, -0.1) is 11.3 Å². The van der Waals surface area contributed by atoms with Crippen molar-refractivity contribution >= 4 is 50.1 Å². The van der Waals surface area contributed by atoms with Gasteiger partial charge in [-0.05, 0) is 69.7 Å². The van der Waals surface area contributed by atoms with Crippen LogP contribution in [0.2, 0.25) is 0 Å². The second-order valence-electron chi connectivity index (χ2n) is 7.76. The molecule has 0 radical (unpaired) electrons. The lowest BCUT2D eigenvalue weighted by Crippen LogP contribution is -2.52. The van der Waals surface area contributed by atoms with Crippen LogP contribution < -0.4 is 5.73 Å². The van der Waals surface area contributed by atoms with Crippen molar-refractivity contribution in [3.05, 3.63) is 75.3 Å². The molecule has 5 rings (SSSR count). The predicted octanol–water partition coefficient (Wildman–Crippen LogP) is 5.10. The molecular formula is C23H19BrN4O2S. The van der Waals surface area contributed by atoms with Crippen molar-refractivity contribution in [2.45, 2.75) is 18.4 Å². The van der Waals surface area contributed by atoms with E-state index in [9.17, 15) is 4.79 Å². The monoisotopic (exact) mass is 494 g/mol. The van der Waals surface area contributed by atoms with Crippen LogP contribution in [0.25, 0.3) is 22.1 Å². The number of carbonyl (C=O) groups excluding carboxylic acids is 1. The van der Waals surface area contributed by atoms with Crippen molar-refractivity contribution in [3.8, 4) is 11.1 Å². The lowest BCUT2D eigenvalue weighted by molar-refractivity contribution is -0.130. The second-order valence-corrected chi connectivity index (χ2v) is 9.58. The van der Waals surface area contributed by atoms with E-state index in [1.807, 2.05) is 43.5 Å². The quantitative estimate of drug-likeness (QED) is 0.429. The van der Waals surface area contributed by atoms with Gasteiger partial charge in [0.15, 0.2) is 5.96 Å². The molecule has 0 spiro atoms. The maximum atomic E-state index is 13.5. The molecule has 31 heavy (non-hydrogen) atoms. The topological polar surface area (TPSA) is 84.7 Å². The summed E-state index contributed by atoms with van der Waals surface area (Å²) in [6.07, 6.45) is 5.22. The first kappa shape index (κ1) is 20.0. The number of thiophene rings is 1. The van der Waals surface area contributed by atoms with E-state index < -0.39 is 11.5 Å². The third kappa shape index (κ3) is 3.26. The van der Waals surface area contributed by atoms with Crippen molar-refractivity contribution in [1.29, 1.82) is 0 Å². The fourth-order valence-electron chi connectivity index (χ4n) is 4.08. The zero-order valence-corrected chi connectivity index (χ0v) is 19.3. The van der Waals surface area contributed by atoms with E-state index in [4.69, 9.17) is 15.1 Å². The number of fused-ring (bicyclic) bond motifs is 1. The van der Waals surface area contributed by atoms with Crippen LogP contribution in [0, 0.1) is 0 Å². The molecular weight excluding hydrogens is 476 g/mol. The summed E-state index contributed by atoms with van der Waals surface area (Å²) < 4.78 is 6.38. The van der Waals surface area contributed by atoms with Gasteiger partial charge in [0.1, 0.15) is 11.1 Å². The molecule has 2 N–H and O–H groups in total. The van der Waals surface area contributed by atoms with Gasteiger partial charge in [-0.25, -0.2) is 4.99 Å². The molecule has 2 atom stereocenters. The highest BCUT2D eigenvalue weighted by molar-refractivity contribution is 9.10. The highest BCUT2D eigenvalue weighted by Gasteiger charge is 2.48. The van der Waals surface area contributed by atoms with Gasteiger partial charge < -0.3 is 10.2 Å². The number of aliphatic imine (C=N–C) groups is 1. The molecule has 6 nitrogen and oxygen atoms in total. The van der Waals surface area contributed by atoms with Crippen molar-refractivity contribution in [2.75, 3.05) is 7.05 Å². The number of amides is 1. The average Bonchev–Trinajstić information content (AvgIpc) is 3.42. The molecule has 1 aliphatic rings. The number of hydrogen-bond donors (Lipinski definition) is 1. The molecule has 1 aromatic carbocycles. The van der Waals surface area contributed by atoms with E-state index in [0.29, 0.717) is 0 Å². The minimum absolute atomic E-state index is 0.0862. The molecule has 8 heteroatoms. The first-order valence-corrected chi connectivity index (χ1v) is 11.3. The zero-order valence-electron chi connectivity index (χ0n) is 16.9. The number of rotatable bonds is 3. The van der Waals surface area contributed by atoms with Crippen LogP contribution >= 0.6 is 27.3 Å². The Balaban J connectivity index is 1.65. The van der Waals surface area contributed by atoms with E-state index in [0.717, 1.165) is 37.0 Å². The number of pyridine rings is 1. The standard InChI is InChI=1S/C23H19BrN4O2S/c1-23(19-9-16(12-31-19)15-8-17(24)11-26-10-15)20(21(29)28(2)22(25)27-23)14-3-4-18-13(7-14)5-6-30-18/h3-12,20H,1-2H3,(H2,25,27)/t20-,23+/m0/s1. The van der Waals surface area contributed by atoms with Crippen LogP contribution in [-0.4, -0.2) is 28.8 Å². The van der Waals surface area contributed by atoms with Crippen LogP contribution in [0.3, 0.4) is 0 Å². The number of nitrogens with two attached hydrogens (primary N) is 1. The number of likely N-dealkylation sites (N-methyl/N-ethyl adjacent to an activating group) is 1. The first-order chi connectivity index (χ1) is 14.9. The number of guanidine groups is 1. The smallest absolute Gasteiger partial charge is 0.239 e. The summed E-state index contributed by atoms with van der Waals surface area (Å²) >= 11 is 5.05. The van der Waals surface area contributed by atoms with E-state index in [-0.39, 0.29) is 11.9 Å². The van der Waals surface area contributed by atoms with Gasteiger partial charge in [0.25, 0.3) is 0 Å². The molecule has 0 bridgehead atoms. The molecule has 0 aliphatic carbocycles. The third-order valence-electron chi connectivity index (χ3n) is 5.78. The van der Waals surface area contributed by atoms with Crippen LogP contribution in [-0.2, 0) is 10.3 Å². The summed E-state index contributed by atoms with van der Waals surface area (Å²) in [7, 11) is 1.66. The van der Waals surface area contributed by atoms with Gasteiger partial charge in [0, 0.05) is 39.7 Å². The molecule has 0 unspecified atom stereocenters. The second kappa shape index (κ2) is 7.32. The number of furan rings is 1. The third-order valence-corrected chi connectivity index (χ3v) is 7.37. The number of benzene rings is 1. The zero-order chi connectivity index (χ0) is 21.8. The number of hydrogen-bond acceptors (Lipinski definition) is 6. The molecule has 156 valence electrons. The summed E-state index contributed by atoms with van der Waals surface area (Å²) in [5.74, 6) is -0.389. The summed E-state index contributed by atoms with van der Waals surface area (Å²) in [6.45, 7) is 1.98. The first-order valence-electron chi connectivity index (χ1n) is 9.67. The number of aromatic nitrogens is 1. The normalized spacial score (nSPS) is 21.5. The van der Waals surface area contributed by atoms with E-state index in [1.54, 1.807) is 30.8 Å². The van der Waals surface area contributed by atoms with Gasteiger partial charge >= 0.3 is 0 Å². The lowest BCUT2D eigenvalue weighted by Gasteiger charge is -2.40. The van der Waals surface area contributed by atoms with Crippen molar-refractivity contribution < 1.29 is 9.21 Å². The predicted molar refractivity (Wildman–Crippen MR) is 126 cm³/mol. The summed E-state index contributed by atoms with van der Waals surface area (Å²) in [5.41, 5.74) is 9.00. The van der Waals surface area contributed by atoms with Crippen molar-refractivity contribution in [1.82, 2.24) is 9.88 Å². The van der Waals surface area contributed by atoms with Gasteiger partial charge in [-0.3, -0.25) is 14.7 Å². The van der Waals surface area contributed by atoms with E-state index in [2.05, 4.69) is 32.4 Å². The lowest BCUT2D eigenvalue weighted by atomic mass is 9.77. The summed E-state index contributed by atoms with van der Waals surface area (Å²) in [6, 6.07) is 11.8. The molecule has 1 amide bonds. The molecule has 4 aromatic rings. The van der Waals surface area contributed by atoms with Crippen LogP contribution in [0.1, 0.15) is 23.3 Å². The summed E-state index contributed by atoms with van der Waals surface area (Å²) in [4.78, 5) is 24.9. The molecule has 0 saturated carbocycles. The van der Waals surface area contributed by atoms with Gasteiger partial charge in [-0.2, -0.15) is 0 Å². The van der Waals surface area contributed by atoms with Crippen LogP contribution in [0.15, 0.2) is 74.3 Å². The molecule has 0 fully saturated rings. The Hall–Kier alpha value is -2.97.